The maximum absolute atomic E-state index is 12.7. The van der Waals surface area contributed by atoms with Crippen molar-refractivity contribution in [1.82, 2.24) is 9.78 Å². The molecule has 5 nitrogen and oxygen atoms in total. The highest BCUT2D eigenvalue weighted by Gasteiger charge is 2.36. The van der Waals surface area contributed by atoms with Crippen LogP contribution in [0.4, 0.5) is 5.69 Å². The Morgan fingerprint density at radius 3 is 2.50 bits per heavy atom. The van der Waals surface area contributed by atoms with Gasteiger partial charge < -0.3 is 0 Å². The molecule has 0 radical (unpaired) electrons. The summed E-state index contributed by atoms with van der Waals surface area (Å²) < 4.78 is 1.70. The van der Waals surface area contributed by atoms with Crippen LogP contribution in [0.5, 0.6) is 0 Å². The highest BCUT2D eigenvalue weighted by atomic mass is 16.2. The van der Waals surface area contributed by atoms with Crippen LogP contribution in [0.2, 0.25) is 0 Å². The average molecular weight is 290 g/mol. The van der Waals surface area contributed by atoms with E-state index in [-0.39, 0.29) is 5.91 Å². The van der Waals surface area contributed by atoms with Crippen molar-refractivity contribution in [1.29, 1.82) is 0 Å². The van der Waals surface area contributed by atoms with Gasteiger partial charge >= 0.3 is 0 Å². The first-order valence-electron chi connectivity index (χ1n) is 7.12. The number of aromatic nitrogens is 2. The van der Waals surface area contributed by atoms with Gasteiger partial charge in [0.25, 0.3) is 5.91 Å². The number of hydrogen-bond acceptors (Lipinski definition) is 3. The third-order valence-corrected chi connectivity index (χ3v) is 3.79. The zero-order valence-electron chi connectivity index (χ0n) is 12.0. The predicted octanol–water partition coefficient (Wildman–Crippen LogP) is 3.00. The molecule has 0 saturated carbocycles. The Labute approximate surface area is 127 Å². The standard InChI is InChI=1S/C17H14N4O/c1-12-16(20-11-13-7-5-6-10-15(13)19-20)17(22)21(18-12)14-8-3-2-4-9-14/h2-11,16H,1H3/t16-/m1/s1. The Morgan fingerprint density at radius 2 is 1.73 bits per heavy atom. The summed E-state index contributed by atoms with van der Waals surface area (Å²) in [6.07, 6.45) is 1.89. The molecule has 4 rings (SSSR count). The average Bonchev–Trinajstić information content (AvgIpc) is 3.08. The number of carbonyl (C=O) groups is 1. The van der Waals surface area contributed by atoms with Crippen LogP contribution in [0.1, 0.15) is 13.0 Å². The molecular weight excluding hydrogens is 276 g/mol. The number of amides is 1. The molecule has 1 amide bonds. The van der Waals surface area contributed by atoms with Gasteiger partial charge in [0.05, 0.1) is 16.9 Å². The van der Waals surface area contributed by atoms with E-state index in [1.54, 1.807) is 4.68 Å². The molecule has 1 aliphatic rings. The number of para-hydroxylation sites is 1. The Hall–Kier alpha value is -2.95. The normalized spacial score (nSPS) is 18.0. The van der Waals surface area contributed by atoms with Crippen LogP contribution in [-0.2, 0) is 4.79 Å². The largest absolute Gasteiger partial charge is 0.278 e. The summed E-state index contributed by atoms with van der Waals surface area (Å²) in [6, 6.07) is 16.8. The van der Waals surface area contributed by atoms with Crippen LogP contribution in [0.25, 0.3) is 10.9 Å². The number of hydrogen-bond donors (Lipinski definition) is 0. The molecule has 0 aliphatic carbocycles. The zero-order valence-corrected chi connectivity index (χ0v) is 12.0. The van der Waals surface area contributed by atoms with E-state index in [1.807, 2.05) is 67.7 Å². The molecule has 1 atom stereocenters. The van der Waals surface area contributed by atoms with E-state index >= 15 is 0 Å². The summed E-state index contributed by atoms with van der Waals surface area (Å²) in [4.78, 5) is 12.7. The van der Waals surface area contributed by atoms with E-state index < -0.39 is 6.04 Å². The quantitative estimate of drug-likeness (QED) is 0.728. The molecule has 1 aliphatic heterocycles. The van der Waals surface area contributed by atoms with Crippen molar-refractivity contribution in [3.05, 3.63) is 60.8 Å². The summed E-state index contributed by atoms with van der Waals surface area (Å²) in [5.41, 5.74) is 2.38. The van der Waals surface area contributed by atoms with Gasteiger partial charge in [0.1, 0.15) is 0 Å². The van der Waals surface area contributed by atoms with E-state index in [2.05, 4.69) is 10.2 Å². The Morgan fingerprint density at radius 1 is 1.00 bits per heavy atom. The van der Waals surface area contributed by atoms with Crippen LogP contribution in [0.3, 0.4) is 0 Å². The van der Waals surface area contributed by atoms with Crippen molar-refractivity contribution in [3.8, 4) is 0 Å². The van der Waals surface area contributed by atoms with Gasteiger partial charge in [-0.1, -0.05) is 36.4 Å². The first kappa shape index (κ1) is 12.8. The molecule has 0 spiro atoms. The highest BCUT2D eigenvalue weighted by Crippen LogP contribution is 2.27. The van der Waals surface area contributed by atoms with E-state index in [9.17, 15) is 4.79 Å². The zero-order chi connectivity index (χ0) is 15.1. The lowest BCUT2D eigenvalue weighted by molar-refractivity contribution is -0.119. The number of carbonyl (C=O) groups excluding carboxylic acids is 1. The summed E-state index contributed by atoms with van der Waals surface area (Å²) in [6.45, 7) is 1.86. The number of fused-ring (bicyclic) bond motifs is 1. The van der Waals surface area contributed by atoms with Gasteiger partial charge in [-0.2, -0.15) is 15.2 Å². The van der Waals surface area contributed by atoms with Gasteiger partial charge in [0.15, 0.2) is 6.04 Å². The third-order valence-electron chi connectivity index (χ3n) is 3.79. The first-order chi connectivity index (χ1) is 10.7. The number of hydrazone groups is 1. The first-order valence-corrected chi connectivity index (χ1v) is 7.12. The second kappa shape index (κ2) is 4.80. The molecule has 0 saturated heterocycles. The van der Waals surface area contributed by atoms with Crippen molar-refractivity contribution in [2.75, 3.05) is 5.01 Å². The predicted molar refractivity (Wildman–Crippen MR) is 85.8 cm³/mol. The topological polar surface area (TPSA) is 50.5 Å². The summed E-state index contributed by atoms with van der Waals surface area (Å²) in [5, 5.41) is 11.4. The highest BCUT2D eigenvalue weighted by molar-refractivity contribution is 6.16. The maximum atomic E-state index is 12.7. The van der Waals surface area contributed by atoms with Crippen LogP contribution in [0, 0.1) is 0 Å². The number of anilines is 1. The Kier molecular flexibility index (Phi) is 2.79. The smallest absolute Gasteiger partial charge is 0.270 e. The van der Waals surface area contributed by atoms with E-state index in [0.29, 0.717) is 0 Å². The van der Waals surface area contributed by atoms with Gasteiger partial charge in [0, 0.05) is 11.6 Å². The van der Waals surface area contributed by atoms with Crippen molar-refractivity contribution < 1.29 is 4.79 Å². The van der Waals surface area contributed by atoms with Gasteiger partial charge in [0.2, 0.25) is 0 Å². The molecule has 2 heterocycles. The fraction of sp³-hybridized carbons (Fsp3) is 0.118. The SMILES string of the molecule is CC1=NN(c2ccccc2)C(=O)[C@@H]1n1cc2ccccc2n1. The van der Waals surface area contributed by atoms with Gasteiger partial charge in [-0.25, -0.2) is 0 Å². The lowest BCUT2D eigenvalue weighted by atomic mass is 10.2. The number of nitrogens with zero attached hydrogens (tertiary/aromatic N) is 4. The minimum Gasteiger partial charge on any atom is -0.270 e. The Bertz CT molecular complexity index is 849. The van der Waals surface area contributed by atoms with E-state index in [0.717, 1.165) is 22.3 Å². The van der Waals surface area contributed by atoms with Crippen LogP contribution in [-0.4, -0.2) is 21.4 Å². The molecule has 3 aromatic rings. The van der Waals surface area contributed by atoms with Crippen molar-refractivity contribution in [2.45, 2.75) is 13.0 Å². The summed E-state index contributed by atoms with van der Waals surface area (Å²) >= 11 is 0. The summed E-state index contributed by atoms with van der Waals surface area (Å²) in [5.74, 6) is -0.0866. The fourth-order valence-electron chi connectivity index (χ4n) is 2.73. The molecule has 2 aromatic carbocycles. The fourth-order valence-corrected chi connectivity index (χ4v) is 2.73. The molecule has 5 heteroatoms. The molecule has 108 valence electrons. The van der Waals surface area contributed by atoms with Crippen LogP contribution >= 0.6 is 0 Å². The second-order valence-electron chi connectivity index (χ2n) is 5.30. The van der Waals surface area contributed by atoms with Crippen molar-refractivity contribution in [2.24, 2.45) is 5.10 Å². The minimum atomic E-state index is -0.479. The maximum Gasteiger partial charge on any atom is 0.278 e. The molecular formula is C17H14N4O. The van der Waals surface area contributed by atoms with E-state index in [1.165, 1.54) is 5.01 Å². The van der Waals surface area contributed by atoms with Crippen molar-refractivity contribution >= 4 is 28.2 Å². The van der Waals surface area contributed by atoms with Crippen LogP contribution in [0.15, 0.2) is 65.9 Å². The second-order valence-corrected chi connectivity index (χ2v) is 5.30. The van der Waals surface area contributed by atoms with Crippen LogP contribution < -0.4 is 5.01 Å². The monoisotopic (exact) mass is 290 g/mol. The molecule has 0 fully saturated rings. The molecule has 0 unspecified atom stereocenters. The molecule has 0 N–H and O–H groups in total. The number of rotatable bonds is 2. The van der Waals surface area contributed by atoms with E-state index in [4.69, 9.17) is 0 Å². The molecule has 22 heavy (non-hydrogen) atoms. The van der Waals surface area contributed by atoms with Gasteiger partial charge in [-0.05, 0) is 25.1 Å². The lowest BCUT2D eigenvalue weighted by Crippen LogP contribution is -2.29. The summed E-state index contributed by atoms with van der Waals surface area (Å²) in [7, 11) is 0. The van der Waals surface area contributed by atoms with Crippen molar-refractivity contribution in [3.63, 3.8) is 0 Å². The number of benzene rings is 2. The lowest BCUT2D eigenvalue weighted by Gasteiger charge is -2.14. The Balaban J connectivity index is 1.74. The minimum absolute atomic E-state index is 0.0866. The molecule has 1 aromatic heterocycles. The van der Waals surface area contributed by atoms with Gasteiger partial charge in [-0.15, -0.1) is 0 Å². The molecule has 0 bridgehead atoms. The third kappa shape index (κ3) is 1.90. The van der Waals surface area contributed by atoms with Gasteiger partial charge in [-0.3, -0.25) is 9.48 Å².